The molecule has 0 heterocycles. The summed E-state index contributed by atoms with van der Waals surface area (Å²) in [6.07, 6.45) is 1.10. The van der Waals surface area contributed by atoms with E-state index >= 15 is 0 Å². The lowest BCUT2D eigenvalue weighted by molar-refractivity contribution is -0.123. The van der Waals surface area contributed by atoms with Gasteiger partial charge in [0.2, 0.25) is 0 Å². The van der Waals surface area contributed by atoms with Crippen molar-refractivity contribution in [3.63, 3.8) is 0 Å². The van der Waals surface area contributed by atoms with Crippen LogP contribution < -0.4 is 10.1 Å². The Hall–Kier alpha value is -1.07. The zero-order chi connectivity index (χ0) is 13.4. The summed E-state index contributed by atoms with van der Waals surface area (Å²) in [4.78, 5) is 11.4. The van der Waals surface area contributed by atoms with E-state index in [2.05, 4.69) is 21.2 Å². The fourth-order valence-electron chi connectivity index (χ4n) is 1.40. The van der Waals surface area contributed by atoms with Crippen LogP contribution in [0.15, 0.2) is 28.7 Å². The predicted molar refractivity (Wildman–Crippen MR) is 73.6 cm³/mol. The molecule has 0 aromatic heterocycles. The van der Waals surface area contributed by atoms with E-state index in [1.165, 1.54) is 0 Å². The fourth-order valence-corrected chi connectivity index (χ4v) is 1.66. The van der Waals surface area contributed by atoms with E-state index < -0.39 is 6.10 Å². The second-order valence-electron chi connectivity index (χ2n) is 3.99. The van der Waals surface area contributed by atoms with Gasteiger partial charge in [0.25, 0.3) is 5.91 Å². The maximum absolute atomic E-state index is 11.4. The van der Waals surface area contributed by atoms with Crippen LogP contribution in [0.4, 0.5) is 0 Å². The number of aliphatic hydroxyl groups excluding tert-OH is 1. The largest absolute Gasteiger partial charge is 0.484 e. The first kappa shape index (κ1) is 15.0. The molecule has 0 aliphatic carbocycles. The lowest BCUT2D eigenvalue weighted by atomic mass is 10.2. The van der Waals surface area contributed by atoms with E-state index in [4.69, 9.17) is 4.74 Å². The number of benzene rings is 1. The molecule has 0 spiro atoms. The second kappa shape index (κ2) is 8.11. The Kier molecular flexibility index (Phi) is 6.75. The molecule has 1 rings (SSSR count). The molecule has 1 amide bonds. The number of nitrogens with one attached hydrogen (secondary N) is 1. The molecule has 2 N–H and O–H groups in total. The highest BCUT2D eigenvalue weighted by molar-refractivity contribution is 9.10. The third kappa shape index (κ3) is 6.02. The minimum Gasteiger partial charge on any atom is -0.484 e. The molecule has 1 atom stereocenters. The molecular weight excluding hydrogens is 298 g/mol. The molecule has 0 fully saturated rings. The minimum atomic E-state index is -0.480. The Labute approximate surface area is 115 Å². The summed E-state index contributed by atoms with van der Waals surface area (Å²) in [6, 6.07) is 7.25. The third-order valence-electron chi connectivity index (χ3n) is 2.34. The van der Waals surface area contributed by atoms with E-state index in [1.807, 2.05) is 19.1 Å². The van der Waals surface area contributed by atoms with Crippen molar-refractivity contribution in [2.45, 2.75) is 25.9 Å². The van der Waals surface area contributed by atoms with Crippen molar-refractivity contribution in [3.05, 3.63) is 28.7 Å². The highest BCUT2D eigenvalue weighted by Gasteiger charge is 2.06. The number of ether oxygens (including phenoxy) is 1. The van der Waals surface area contributed by atoms with Gasteiger partial charge >= 0.3 is 0 Å². The van der Waals surface area contributed by atoms with Gasteiger partial charge in [-0.3, -0.25) is 4.79 Å². The van der Waals surface area contributed by atoms with Crippen molar-refractivity contribution in [1.82, 2.24) is 5.32 Å². The number of amides is 1. The highest BCUT2D eigenvalue weighted by atomic mass is 79.9. The predicted octanol–water partition coefficient (Wildman–Crippen LogP) is 2.11. The monoisotopic (exact) mass is 315 g/mol. The maximum Gasteiger partial charge on any atom is 0.258 e. The van der Waals surface area contributed by atoms with Gasteiger partial charge < -0.3 is 15.2 Å². The molecule has 0 aliphatic rings. The Morgan fingerprint density at radius 2 is 2.11 bits per heavy atom. The van der Waals surface area contributed by atoms with Crippen LogP contribution in [0.5, 0.6) is 5.75 Å². The van der Waals surface area contributed by atoms with Crippen LogP contribution in [0.1, 0.15) is 19.8 Å². The number of carbonyl (C=O) groups excluding carboxylic acids is 1. The van der Waals surface area contributed by atoms with E-state index in [9.17, 15) is 9.90 Å². The number of hydrogen-bond donors (Lipinski definition) is 2. The van der Waals surface area contributed by atoms with Crippen molar-refractivity contribution in [2.75, 3.05) is 13.2 Å². The van der Waals surface area contributed by atoms with Gasteiger partial charge in [-0.15, -0.1) is 0 Å². The first-order chi connectivity index (χ1) is 8.61. The average molecular weight is 316 g/mol. The number of halogens is 1. The summed E-state index contributed by atoms with van der Waals surface area (Å²) in [5.41, 5.74) is 0. The highest BCUT2D eigenvalue weighted by Crippen LogP contribution is 2.15. The van der Waals surface area contributed by atoms with Gasteiger partial charge in [0.1, 0.15) is 5.75 Å². The van der Waals surface area contributed by atoms with Crippen LogP contribution in [0.2, 0.25) is 0 Å². The van der Waals surface area contributed by atoms with E-state index in [0.717, 1.165) is 10.9 Å². The van der Waals surface area contributed by atoms with E-state index in [0.29, 0.717) is 12.2 Å². The van der Waals surface area contributed by atoms with Gasteiger partial charge in [-0.1, -0.05) is 29.3 Å². The van der Waals surface area contributed by atoms with Crippen molar-refractivity contribution in [3.8, 4) is 5.75 Å². The van der Waals surface area contributed by atoms with Gasteiger partial charge in [0, 0.05) is 11.0 Å². The molecule has 1 aromatic rings. The average Bonchev–Trinajstić information content (AvgIpc) is 2.36. The maximum atomic E-state index is 11.4. The number of hydrogen-bond acceptors (Lipinski definition) is 3. The summed E-state index contributed by atoms with van der Waals surface area (Å²) >= 11 is 3.32. The summed E-state index contributed by atoms with van der Waals surface area (Å²) in [5.74, 6) is 0.413. The van der Waals surface area contributed by atoms with Gasteiger partial charge in [0.05, 0.1) is 6.10 Å². The molecule has 0 saturated heterocycles. The van der Waals surface area contributed by atoms with Crippen LogP contribution in [0, 0.1) is 0 Å². The fraction of sp³-hybridized carbons (Fsp3) is 0.462. The number of carbonyl (C=O) groups is 1. The van der Waals surface area contributed by atoms with Gasteiger partial charge in [0.15, 0.2) is 6.61 Å². The zero-order valence-electron chi connectivity index (χ0n) is 10.4. The summed E-state index contributed by atoms with van der Waals surface area (Å²) < 4.78 is 6.26. The molecule has 0 saturated carbocycles. The van der Waals surface area contributed by atoms with E-state index in [-0.39, 0.29) is 19.1 Å². The zero-order valence-corrected chi connectivity index (χ0v) is 11.9. The summed E-state index contributed by atoms with van der Waals surface area (Å²) in [7, 11) is 0. The van der Waals surface area contributed by atoms with Crippen LogP contribution in [0.25, 0.3) is 0 Å². The van der Waals surface area contributed by atoms with Crippen LogP contribution in [0.3, 0.4) is 0 Å². The first-order valence-electron chi connectivity index (χ1n) is 5.95. The molecule has 0 radical (unpaired) electrons. The molecule has 18 heavy (non-hydrogen) atoms. The van der Waals surface area contributed by atoms with Gasteiger partial charge in [-0.05, 0) is 30.7 Å². The normalized spacial score (nSPS) is 11.9. The van der Waals surface area contributed by atoms with Gasteiger partial charge in [-0.2, -0.15) is 0 Å². The van der Waals surface area contributed by atoms with Crippen LogP contribution in [-0.2, 0) is 4.79 Å². The molecule has 5 heteroatoms. The van der Waals surface area contributed by atoms with Crippen molar-refractivity contribution < 1.29 is 14.6 Å². The Bertz CT molecular complexity index is 367. The Morgan fingerprint density at radius 1 is 1.44 bits per heavy atom. The smallest absolute Gasteiger partial charge is 0.258 e. The lowest BCUT2D eigenvalue weighted by Crippen LogP contribution is -2.35. The third-order valence-corrected chi connectivity index (χ3v) is 2.87. The van der Waals surface area contributed by atoms with Crippen molar-refractivity contribution in [2.24, 2.45) is 0 Å². The number of aliphatic hydroxyl groups is 1. The minimum absolute atomic E-state index is 0.0412. The Morgan fingerprint density at radius 3 is 2.72 bits per heavy atom. The summed E-state index contributed by atoms with van der Waals surface area (Å²) in [6.45, 7) is 2.22. The first-order valence-corrected chi connectivity index (χ1v) is 6.74. The molecule has 0 aliphatic heterocycles. The lowest BCUT2D eigenvalue weighted by Gasteiger charge is -2.11. The SMILES string of the molecule is CCCC(O)CNC(=O)COc1ccc(Br)cc1. The quantitative estimate of drug-likeness (QED) is 0.810. The molecule has 1 aromatic carbocycles. The molecule has 100 valence electrons. The van der Waals surface area contributed by atoms with Crippen molar-refractivity contribution >= 4 is 21.8 Å². The standard InChI is InChI=1S/C13H18BrNO3/c1-2-3-11(16)8-15-13(17)9-18-12-6-4-10(14)5-7-12/h4-7,11,16H,2-3,8-9H2,1H3,(H,15,17). The summed E-state index contributed by atoms with van der Waals surface area (Å²) in [5, 5.41) is 12.1. The van der Waals surface area contributed by atoms with Crippen LogP contribution in [-0.4, -0.2) is 30.3 Å². The van der Waals surface area contributed by atoms with Crippen LogP contribution >= 0.6 is 15.9 Å². The molecular formula is C13H18BrNO3. The molecule has 1 unspecified atom stereocenters. The number of rotatable bonds is 7. The van der Waals surface area contributed by atoms with Crippen molar-refractivity contribution in [1.29, 1.82) is 0 Å². The Balaban J connectivity index is 2.22. The molecule has 0 bridgehead atoms. The topological polar surface area (TPSA) is 58.6 Å². The van der Waals surface area contributed by atoms with E-state index in [1.54, 1.807) is 12.1 Å². The van der Waals surface area contributed by atoms with Gasteiger partial charge in [-0.25, -0.2) is 0 Å². The second-order valence-corrected chi connectivity index (χ2v) is 4.90. The molecule has 4 nitrogen and oxygen atoms in total.